The number of nitrogens with one attached hydrogen (secondary N) is 1. The maximum atomic E-state index is 12.8. The van der Waals surface area contributed by atoms with Crippen LogP contribution in [0.5, 0.6) is 0 Å². The summed E-state index contributed by atoms with van der Waals surface area (Å²) in [6.45, 7) is 2.75. The lowest BCUT2D eigenvalue weighted by Crippen LogP contribution is -2.42. The number of benzene rings is 1. The third-order valence-electron chi connectivity index (χ3n) is 2.85. The molecule has 1 amide bonds. The molecule has 0 saturated carbocycles. The molecule has 1 rings (SSSR count). The molecule has 21 heavy (non-hydrogen) atoms. The van der Waals surface area contributed by atoms with E-state index in [1.54, 1.807) is 0 Å². The molecule has 0 fully saturated rings. The maximum absolute atomic E-state index is 12.8. The van der Waals surface area contributed by atoms with E-state index in [2.05, 4.69) is 26.4 Å². The molecule has 0 heterocycles. The first-order valence-electron chi connectivity index (χ1n) is 5.66. The molecule has 116 valence electrons. The van der Waals surface area contributed by atoms with E-state index >= 15 is 0 Å². The molecule has 4 N–H and O–H groups in total. The van der Waals surface area contributed by atoms with Crippen molar-refractivity contribution < 1.29 is 23.2 Å². The van der Waals surface area contributed by atoms with Crippen LogP contribution >= 0.6 is 15.9 Å². The Bertz CT molecular complexity index is 586. The number of hydrogen-bond donors (Lipinski definition) is 3. The number of amidine groups is 1. The first kappa shape index (κ1) is 17.3. The van der Waals surface area contributed by atoms with Gasteiger partial charge in [-0.15, -0.1) is 0 Å². The molecule has 0 saturated heterocycles. The summed E-state index contributed by atoms with van der Waals surface area (Å²) in [6, 6.07) is 3.28. The zero-order chi connectivity index (χ0) is 16.4. The summed E-state index contributed by atoms with van der Waals surface area (Å²) in [7, 11) is 0. The highest BCUT2D eigenvalue weighted by Gasteiger charge is 2.35. The van der Waals surface area contributed by atoms with Crippen LogP contribution in [0.15, 0.2) is 27.8 Å². The summed E-state index contributed by atoms with van der Waals surface area (Å²) >= 11 is 2.80. The molecule has 1 aromatic carbocycles. The molecule has 0 aliphatic heterocycles. The topological polar surface area (TPSA) is 87.7 Å². The van der Waals surface area contributed by atoms with Gasteiger partial charge in [-0.3, -0.25) is 4.79 Å². The highest BCUT2D eigenvalue weighted by Crippen LogP contribution is 2.36. The normalized spacial score (nSPS) is 13.1. The summed E-state index contributed by atoms with van der Waals surface area (Å²) in [5, 5.41) is 13.6. The Morgan fingerprint density at radius 1 is 1.38 bits per heavy atom. The molecule has 0 bridgehead atoms. The number of anilines is 1. The molecule has 0 atom stereocenters. The molecular formula is C12H13BrF3N3O2. The summed E-state index contributed by atoms with van der Waals surface area (Å²) in [5.74, 6) is -1.05. The van der Waals surface area contributed by atoms with Gasteiger partial charge in [-0.25, -0.2) is 0 Å². The van der Waals surface area contributed by atoms with Gasteiger partial charge in [-0.2, -0.15) is 13.2 Å². The number of halogens is 4. The number of alkyl halides is 3. The lowest BCUT2D eigenvalue weighted by Gasteiger charge is -2.22. The fraction of sp³-hybridized carbons (Fsp3) is 0.333. The van der Waals surface area contributed by atoms with Crippen LogP contribution in [0.25, 0.3) is 0 Å². The van der Waals surface area contributed by atoms with Crippen molar-refractivity contribution in [3.05, 3.63) is 28.2 Å². The van der Waals surface area contributed by atoms with Gasteiger partial charge in [0.05, 0.1) is 5.56 Å². The maximum Gasteiger partial charge on any atom is 0.417 e. The highest BCUT2D eigenvalue weighted by atomic mass is 79.9. The molecular weight excluding hydrogens is 355 g/mol. The summed E-state index contributed by atoms with van der Waals surface area (Å²) < 4.78 is 38.2. The third-order valence-corrected chi connectivity index (χ3v) is 3.54. The first-order valence-corrected chi connectivity index (χ1v) is 6.45. The molecule has 0 aliphatic rings. The van der Waals surface area contributed by atoms with Gasteiger partial charge in [-0.05, 0) is 32.0 Å². The van der Waals surface area contributed by atoms with E-state index in [4.69, 9.17) is 10.9 Å². The molecule has 0 spiro atoms. The average molecular weight is 368 g/mol. The van der Waals surface area contributed by atoms with Crippen LogP contribution in [0.1, 0.15) is 19.4 Å². The number of carbonyl (C=O) groups excluding carboxylic acids is 1. The zero-order valence-electron chi connectivity index (χ0n) is 11.1. The van der Waals surface area contributed by atoms with Gasteiger partial charge >= 0.3 is 6.18 Å². The number of nitrogens with two attached hydrogens (primary N) is 1. The lowest BCUT2D eigenvalue weighted by atomic mass is 9.91. The van der Waals surface area contributed by atoms with Gasteiger partial charge in [0.2, 0.25) is 5.91 Å². The van der Waals surface area contributed by atoms with E-state index in [1.807, 2.05) is 0 Å². The molecule has 9 heteroatoms. The Morgan fingerprint density at radius 3 is 2.43 bits per heavy atom. The van der Waals surface area contributed by atoms with Gasteiger partial charge < -0.3 is 16.3 Å². The van der Waals surface area contributed by atoms with E-state index in [-0.39, 0.29) is 16.0 Å². The molecule has 0 radical (unpaired) electrons. The van der Waals surface area contributed by atoms with Crippen molar-refractivity contribution in [3.63, 3.8) is 0 Å². The smallest absolute Gasteiger partial charge is 0.409 e. The fourth-order valence-electron chi connectivity index (χ4n) is 1.35. The van der Waals surface area contributed by atoms with Gasteiger partial charge in [0, 0.05) is 10.2 Å². The Morgan fingerprint density at radius 2 is 1.95 bits per heavy atom. The molecule has 0 aromatic heterocycles. The van der Waals surface area contributed by atoms with Gasteiger partial charge in [0.15, 0.2) is 5.84 Å². The third kappa shape index (κ3) is 3.87. The Labute approximate surface area is 127 Å². The van der Waals surface area contributed by atoms with E-state index in [0.29, 0.717) is 0 Å². The number of amides is 1. The van der Waals surface area contributed by atoms with Gasteiger partial charge in [0.25, 0.3) is 0 Å². The van der Waals surface area contributed by atoms with Crippen molar-refractivity contribution in [3.8, 4) is 0 Å². The lowest BCUT2D eigenvalue weighted by molar-refractivity contribution is -0.138. The monoisotopic (exact) mass is 367 g/mol. The van der Waals surface area contributed by atoms with Crippen LogP contribution in [0, 0.1) is 5.41 Å². The van der Waals surface area contributed by atoms with Crippen molar-refractivity contribution in [2.75, 3.05) is 5.32 Å². The number of carbonyl (C=O) groups is 1. The largest absolute Gasteiger partial charge is 0.417 e. The van der Waals surface area contributed by atoms with Crippen LogP contribution in [-0.2, 0) is 11.0 Å². The van der Waals surface area contributed by atoms with E-state index in [0.717, 1.165) is 6.07 Å². The summed E-state index contributed by atoms with van der Waals surface area (Å²) in [4.78, 5) is 12.0. The zero-order valence-corrected chi connectivity index (χ0v) is 12.7. The van der Waals surface area contributed by atoms with Gasteiger partial charge in [0.1, 0.15) is 5.41 Å². The Hall–Kier alpha value is -1.77. The van der Waals surface area contributed by atoms with Crippen molar-refractivity contribution >= 4 is 33.4 Å². The minimum Gasteiger partial charge on any atom is -0.409 e. The van der Waals surface area contributed by atoms with Crippen LogP contribution in [0.2, 0.25) is 0 Å². The Kier molecular flexibility index (Phi) is 4.87. The first-order chi connectivity index (χ1) is 9.50. The second kappa shape index (κ2) is 5.92. The number of nitrogens with zero attached hydrogens (tertiary/aromatic N) is 1. The molecule has 0 unspecified atom stereocenters. The predicted molar refractivity (Wildman–Crippen MR) is 75.0 cm³/mol. The highest BCUT2D eigenvalue weighted by molar-refractivity contribution is 9.10. The van der Waals surface area contributed by atoms with Crippen LogP contribution in [-0.4, -0.2) is 17.0 Å². The van der Waals surface area contributed by atoms with E-state index < -0.39 is 23.1 Å². The number of hydrogen-bond acceptors (Lipinski definition) is 3. The molecule has 0 aliphatic carbocycles. The standard InChI is InChI=1S/C12H13BrF3N3O2/c1-11(2,9(17)19-21)10(20)18-6-3-4-8(13)7(5-6)12(14,15)16/h3-5,21H,1-2H3,(H2,17,19)(H,18,20). The van der Waals surface area contributed by atoms with Crippen LogP contribution < -0.4 is 11.1 Å². The van der Waals surface area contributed by atoms with Gasteiger partial charge in [-0.1, -0.05) is 21.1 Å². The second-order valence-corrected chi connectivity index (χ2v) is 5.61. The summed E-state index contributed by atoms with van der Waals surface area (Å²) in [6.07, 6.45) is -4.55. The summed E-state index contributed by atoms with van der Waals surface area (Å²) in [5.41, 5.74) is 3.04. The van der Waals surface area contributed by atoms with E-state index in [9.17, 15) is 18.0 Å². The quantitative estimate of drug-likeness (QED) is 0.331. The second-order valence-electron chi connectivity index (χ2n) is 4.76. The molecule has 5 nitrogen and oxygen atoms in total. The molecule has 1 aromatic rings. The van der Waals surface area contributed by atoms with E-state index in [1.165, 1.54) is 26.0 Å². The minimum absolute atomic E-state index is 0.0469. The van der Waals surface area contributed by atoms with Crippen LogP contribution in [0.4, 0.5) is 18.9 Å². The van der Waals surface area contributed by atoms with Crippen molar-refractivity contribution in [2.45, 2.75) is 20.0 Å². The number of rotatable bonds is 3. The number of oxime groups is 1. The average Bonchev–Trinajstić information content (AvgIpc) is 2.38. The predicted octanol–water partition coefficient (Wildman–Crippen LogP) is 3.18. The van der Waals surface area contributed by atoms with Crippen LogP contribution in [0.3, 0.4) is 0 Å². The minimum atomic E-state index is -4.55. The SMILES string of the molecule is CC(C)(C(=O)Nc1ccc(Br)c(C(F)(F)F)c1)C(N)=NO. The van der Waals surface area contributed by atoms with Crippen molar-refractivity contribution in [2.24, 2.45) is 16.3 Å². The van der Waals surface area contributed by atoms with Crippen molar-refractivity contribution in [1.29, 1.82) is 0 Å². The van der Waals surface area contributed by atoms with Crippen molar-refractivity contribution in [1.82, 2.24) is 0 Å². The Balaban J connectivity index is 3.08. The fourth-order valence-corrected chi connectivity index (χ4v) is 1.82.